The standard InChI is InChI=1S/C22H23F3N4O2/c1-2-31-19-7-4-3-6-16(19)14-29(12-5-11-28-13-10-26-15-28)22(30)27-18-9-8-17(23)20(24)21(18)25/h3-4,6-10,13,15H,2,5,11-12,14H2,1H3,(H,27,30). The van der Waals surface area contributed by atoms with E-state index in [2.05, 4.69) is 10.3 Å². The number of anilines is 1. The fraction of sp³-hybridized carbons (Fsp3) is 0.273. The van der Waals surface area contributed by atoms with Crippen molar-refractivity contribution >= 4 is 11.7 Å². The second kappa shape index (κ2) is 10.5. The zero-order valence-corrected chi connectivity index (χ0v) is 17.0. The first-order chi connectivity index (χ1) is 15.0. The molecule has 6 nitrogen and oxygen atoms in total. The molecule has 0 saturated carbocycles. The van der Waals surface area contributed by atoms with Crippen LogP contribution in [0.4, 0.5) is 23.7 Å². The molecule has 0 saturated heterocycles. The van der Waals surface area contributed by atoms with E-state index in [1.165, 1.54) is 4.90 Å². The second-order valence-electron chi connectivity index (χ2n) is 6.77. The predicted octanol–water partition coefficient (Wildman–Crippen LogP) is 4.82. The molecule has 0 unspecified atom stereocenters. The molecular weight excluding hydrogens is 409 g/mol. The van der Waals surface area contributed by atoms with Crippen LogP contribution in [0, 0.1) is 17.5 Å². The van der Waals surface area contributed by atoms with Crippen molar-refractivity contribution in [3.8, 4) is 5.75 Å². The number of hydrogen-bond donors (Lipinski definition) is 1. The van der Waals surface area contributed by atoms with Gasteiger partial charge in [-0.2, -0.15) is 0 Å². The molecule has 9 heteroatoms. The quantitative estimate of drug-likeness (QED) is 0.493. The number of hydrogen-bond acceptors (Lipinski definition) is 3. The highest BCUT2D eigenvalue weighted by Crippen LogP contribution is 2.23. The Labute approximate surface area is 178 Å². The molecule has 2 aromatic carbocycles. The van der Waals surface area contributed by atoms with Crippen LogP contribution in [0.1, 0.15) is 18.9 Å². The van der Waals surface area contributed by atoms with Crippen LogP contribution in [-0.4, -0.2) is 33.6 Å². The summed E-state index contributed by atoms with van der Waals surface area (Å²) in [4.78, 5) is 18.3. The topological polar surface area (TPSA) is 59.4 Å². The zero-order chi connectivity index (χ0) is 22.2. The molecule has 0 bridgehead atoms. The molecule has 0 aliphatic rings. The van der Waals surface area contributed by atoms with E-state index in [1.807, 2.05) is 35.9 Å². The van der Waals surface area contributed by atoms with Crippen LogP contribution in [-0.2, 0) is 13.1 Å². The molecule has 1 heterocycles. The van der Waals surface area contributed by atoms with Crippen LogP contribution in [0.25, 0.3) is 0 Å². The normalized spacial score (nSPS) is 10.7. The number of amides is 2. The molecule has 0 atom stereocenters. The average molecular weight is 432 g/mol. The van der Waals surface area contributed by atoms with Crippen LogP contribution >= 0.6 is 0 Å². The molecule has 0 spiro atoms. The van der Waals surface area contributed by atoms with Crippen LogP contribution in [0.5, 0.6) is 5.75 Å². The van der Waals surface area contributed by atoms with Crippen LogP contribution in [0.2, 0.25) is 0 Å². The summed E-state index contributed by atoms with van der Waals surface area (Å²) in [7, 11) is 0. The lowest BCUT2D eigenvalue weighted by molar-refractivity contribution is 0.206. The summed E-state index contributed by atoms with van der Waals surface area (Å²) in [5.74, 6) is -3.76. The Morgan fingerprint density at radius 2 is 1.97 bits per heavy atom. The van der Waals surface area contributed by atoms with E-state index in [0.29, 0.717) is 31.9 Å². The minimum absolute atomic E-state index is 0.192. The molecule has 1 N–H and O–H groups in total. The van der Waals surface area contributed by atoms with Crippen molar-refractivity contribution in [1.82, 2.24) is 14.5 Å². The van der Waals surface area contributed by atoms with E-state index in [0.717, 1.165) is 17.7 Å². The lowest BCUT2D eigenvalue weighted by Crippen LogP contribution is -2.36. The Kier molecular flexibility index (Phi) is 7.53. The molecule has 31 heavy (non-hydrogen) atoms. The SMILES string of the molecule is CCOc1ccccc1CN(CCCn1ccnc1)C(=O)Nc1ccc(F)c(F)c1F. The van der Waals surface area contributed by atoms with Gasteiger partial charge in [-0.15, -0.1) is 0 Å². The van der Waals surface area contributed by atoms with Gasteiger partial charge in [0.15, 0.2) is 17.5 Å². The summed E-state index contributed by atoms with van der Waals surface area (Å²) in [6, 6.07) is 8.41. The Hall–Kier alpha value is -3.49. The Morgan fingerprint density at radius 1 is 1.16 bits per heavy atom. The van der Waals surface area contributed by atoms with Crippen molar-refractivity contribution in [2.75, 3.05) is 18.5 Å². The van der Waals surface area contributed by atoms with Gasteiger partial charge in [0.05, 0.1) is 25.2 Å². The van der Waals surface area contributed by atoms with E-state index in [1.54, 1.807) is 18.6 Å². The lowest BCUT2D eigenvalue weighted by Gasteiger charge is -2.24. The van der Waals surface area contributed by atoms with Crippen LogP contribution in [0.3, 0.4) is 0 Å². The number of carbonyl (C=O) groups excluding carboxylic acids is 1. The number of halogens is 3. The molecule has 0 aliphatic carbocycles. The molecule has 0 fully saturated rings. The maximum Gasteiger partial charge on any atom is 0.322 e. The van der Waals surface area contributed by atoms with Gasteiger partial charge in [-0.3, -0.25) is 0 Å². The number of benzene rings is 2. The number of aryl methyl sites for hydroxylation is 1. The highest BCUT2D eigenvalue weighted by atomic mass is 19.2. The number of carbonyl (C=O) groups is 1. The van der Waals surface area contributed by atoms with E-state index >= 15 is 0 Å². The lowest BCUT2D eigenvalue weighted by atomic mass is 10.2. The molecule has 3 aromatic rings. The third-order valence-electron chi connectivity index (χ3n) is 4.60. The molecule has 0 radical (unpaired) electrons. The van der Waals surface area contributed by atoms with Gasteiger partial charge in [-0.25, -0.2) is 22.9 Å². The number of nitrogens with zero attached hydrogens (tertiary/aromatic N) is 3. The van der Waals surface area contributed by atoms with Gasteiger partial charge in [0.25, 0.3) is 0 Å². The van der Waals surface area contributed by atoms with Crippen molar-refractivity contribution in [2.24, 2.45) is 0 Å². The summed E-state index contributed by atoms with van der Waals surface area (Å²) in [5, 5.41) is 2.34. The van der Waals surface area contributed by atoms with Gasteiger partial charge < -0.3 is 19.5 Å². The van der Waals surface area contributed by atoms with Gasteiger partial charge in [-0.05, 0) is 31.5 Å². The van der Waals surface area contributed by atoms with Crippen molar-refractivity contribution in [1.29, 1.82) is 0 Å². The molecule has 164 valence electrons. The average Bonchev–Trinajstić information content (AvgIpc) is 3.28. The first-order valence-electron chi connectivity index (χ1n) is 9.85. The first kappa shape index (κ1) is 22.2. The Bertz CT molecular complexity index is 1010. The summed E-state index contributed by atoms with van der Waals surface area (Å²) in [5.41, 5.74) is 0.342. The van der Waals surface area contributed by atoms with Gasteiger partial charge in [0.2, 0.25) is 0 Å². The number of para-hydroxylation sites is 1. The first-order valence-corrected chi connectivity index (χ1v) is 9.85. The summed E-state index contributed by atoms with van der Waals surface area (Å²) < 4.78 is 48.3. The minimum atomic E-state index is -1.63. The zero-order valence-electron chi connectivity index (χ0n) is 17.0. The van der Waals surface area contributed by atoms with Crippen molar-refractivity contribution in [3.05, 3.63) is 78.1 Å². The highest BCUT2D eigenvalue weighted by Gasteiger charge is 2.20. The van der Waals surface area contributed by atoms with E-state index in [4.69, 9.17) is 4.74 Å². The molecule has 3 rings (SSSR count). The summed E-state index contributed by atoms with van der Waals surface area (Å²) in [6.45, 7) is 3.46. The van der Waals surface area contributed by atoms with Gasteiger partial charge in [0, 0.05) is 31.0 Å². The maximum absolute atomic E-state index is 14.0. The Morgan fingerprint density at radius 3 is 2.71 bits per heavy atom. The molecule has 0 aliphatic heterocycles. The van der Waals surface area contributed by atoms with E-state index in [-0.39, 0.29) is 6.54 Å². The summed E-state index contributed by atoms with van der Waals surface area (Å²) in [6.07, 6.45) is 5.74. The third-order valence-corrected chi connectivity index (χ3v) is 4.60. The highest BCUT2D eigenvalue weighted by molar-refractivity contribution is 5.89. The number of imidazole rings is 1. The maximum atomic E-state index is 14.0. The second-order valence-corrected chi connectivity index (χ2v) is 6.77. The Balaban J connectivity index is 1.77. The fourth-order valence-electron chi connectivity index (χ4n) is 3.07. The van der Waals surface area contributed by atoms with Gasteiger partial charge >= 0.3 is 6.03 Å². The monoisotopic (exact) mass is 432 g/mol. The number of ether oxygens (including phenoxy) is 1. The fourth-order valence-corrected chi connectivity index (χ4v) is 3.07. The molecule has 2 amide bonds. The number of aromatic nitrogens is 2. The van der Waals surface area contributed by atoms with Gasteiger partial charge in [0.1, 0.15) is 5.75 Å². The van der Waals surface area contributed by atoms with Crippen LogP contribution < -0.4 is 10.1 Å². The summed E-state index contributed by atoms with van der Waals surface area (Å²) >= 11 is 0. The van der Waals surface area contributed by atoms with Crippen molar-refractivity contribution in [3.63, 3.8) is 0 Å². The van der Waals surface area contributed by atoms with Gasteiger partial charge in [-0.1, -0.05) is 18.2 Å². The number of nitrogens with one attached hydrogen (secondary N) is 1. The van der Waals surface area contributed by atoms with E-state index in [9.17, 15) is 18.0 Å². The minimum Gasteiger partial charge on any atom is -0.494 e. The number of rotatable bonds is 9. The van der Waals surface area contributed by atoms with Crippen LogP contribution in [0.15, 0.2) is 55.1 Å². The molecule has 1 aromatic heterocycles. The third kappa shape index (κ3) is 5.78. The van der Waals surface area contributed by atoms with Crippen molar-refractivity contribution in [2.45, 2.75) is 26.4 Å². The largest absolute Gasteiger partial charge is 0.494 e. The predicted molar refractivity (Wildman–Crippen MR) is 110 cm³/mol. The molecular formula is C22H23F3N4O2. The van der Waals surface area contributed by atoms with Crippen molar-refractivity contribution < 1.29 is 22.7 Å². The van der Waals surface area contributed by atoms with E-state index < -0.39 is 29.2 Å². The smallest absolute Gasteiger partial charge is 0.322 e. The number of urea groups is 1.